The van der Waals surface area contributed by atoms with Gasteiger partial charge in [-0.25, -0.2) is 0 Å². The van der Waals surface area contributed by atoms with Crippen LogP contribution in [0.5, 0.6) is 0 Å². The maximum Gasteiger partial charge on any atom is 0.213 e. The largest absolute Gasteiger partial charge is 0.295 e. The van der Waals surface area contributed by atoms with Crippen molar-refractivity contribution in [3.8, 4) is 0 Å². The number of fused-ring (bicyclic) bond motifs is 1. The number of hydrogen-bond donors (Lipinski definition) is 0. The zero-order valence-corrected chi connectivity index (χ0v) is 15.2. The fraction of sp³-hybridized carbons (Fsp3) is 0.174. The summed E-state index contributed by atoms with van der Waals surface area (Å²) < 4.78 is 2.25. The number of aliphatic imine (C=N–C) groups is 1. The number of pyridine rings is 1. The van der Waals surface area contributed by atoms with Gasteiger partial charge in [-0.1, -0.05) is 24.3 Å². The van der Waals surface area contributed by atoms with E-state index in [0.717, 1.165) is 18.7 Å². The lowest BCUT2D eigenvalue weighted by atomic mass is 10.1. The second-order valence-electron chi connectivity index (χ2n) is 6.13. The lowest BCUT2D eigenvalue weighted by molar-refractivity contribution is -0.667. The van der Waals surface area contributed by atoms with Gasteiger partial charge in [0.15, 0.2) is 12.0 Å². The zero-order chi connectivity index (χ0) is 18.4. The maximum atomic E-state index is 11.3. The Bertz CT molecular complexity index is 969. The van der Waals surface area contributed by atoms with E-state index < -0.39 is 0 Å². The Morgan fingerprint density at radius 2 is 1.85 bits per heavy atom. The minimum atomic E-state index is 0.0722. The summed E-state index contributed by atoms with van der Waals surface area (Å²) in [5, 5.41) is 1.25. The summed E-state index contributed by atoms with van der Waals surface area (Å²) in [5.74, 6) is 0.0722. The molecule has 0 atom stereocenters. The molecule has 130 valence electrons. The van der Waals surface area contributed by atoms with Crippen molar-refractivity contribution in [2.75, 3.05) is 0 Å². The molecule has 0 N–H and O–H groups in total. The van der Waals surface area contributed by atoms with Crippen molar-refractivity contribution in [2.24, 2.45) is 4.99 Å². The molecule has 0 saturated heterocycles. The highest BCUT2D eigenvalue weighted by Gasteiger charge is 2.08. The van der Waals surface area contributed by atoms with Gasteiger partial charge in [0.2, 0.25) is 5.52 Å². The Morgan fingerprint density at radius 1 is 1.08 bits per heavy atom. The van der Waals surface area contributed by atoms with E-state index in [-0.39, 0.29) is 5.78 Å². The van der Waals surface area contributed by atoms with Crippen LogP contribution in [-0.2, 0) is 6.54 Å². The standard InChI is InChI=1S/C23H23N2O/c1-3-25-17-15-20(22-9-4-5-10-23(22)25)8-6-7-16-24-21-13-11-19(12-14-21)18(2)26/h4-6,8-17H,3,7H2,1-2H3/q+1. The Hall–Kier alpha value is -3.07. The molecule has 3 aromatic rings. The summed E-state index contributed by atoms with van der Waals surface area (Å²) in [7, 11) is 0. The van der Waals surface area contributed by atoms with Gasteiger partial charge in [0.05, 0.1) is 11.1 Å². The van der Waals surface area contributed by atoms with Crippen LogP contribution in [0, 0.1) is 0 Å². The van der Waals surface area contributed by atoms with Crippen molar-refractivity contribution in [1.29, 1.82) is 0 Å². The molecule has 0 saturated carbocycles. The van der Waals surface area contributed by atoms with E-state index in [1.54, 1.807) is 6.92 Å². The Kier molecular flexibility index (Phi) is 5.69. The van der Waals surface area contributed by atoms with E-state index in [1.807, 2.05) is 30.5 Å². The number of benzene rings is 2. The van der Waals surface area contributed by atoms with Crippen molar-refractivity contribution in [3.05, 3.63) is 78.0 Å². The first-order valence-corrected chi connectivity index (χ1v) is 8.90. The van der Waals surface area contributed by atoms with Crippen LogP contribution in [0.1, 0.15) is 36.2 Å². The number of ketones is 1. The maximum absolute atomic E-state index is 11.3. The highest BCUT2D eigenvalue weighted by molar-refractivity contribution is 5.94. The van der Waals surface area contributed by atoms with Gasteiger partial charge < -0.3 is 0 Å². The third-order valence-corrected chi connectivity index (χ3v) is 4.35. The van der Waals surface area contributed by atoms with E-state index in [1.165, 1.54) is 16.5 Å². The molecule has 26 heavy (non-hydrogen) atoms. The number of aromatic nitrogens is 1. The molecule has 0 aliphatic rings. The number of allylic oxidation sites excluding steroid dienone is 1. The zero-order valence-electron chi connectivity index (χ0n) is 15.2. The van der Waals surface area contributed by atoms with Crippen molar-refractivity contribution < 1.29 is 9.36 Å². The number of carbonyl (C=O) groups is 1. The van der Waals surface area contributed by atoms with Gasteiger partial charge in [-0.05, 0) is 49.7 Å². The van der Waals surface area contributed by atoms with Crippen LogP contribution in [0.4, 0.5) is 5.69 Å². The first-order chi connectivity index (χ1) is 12.7. The Balaban J connectivity index is 1.69. The van der Waals surface area contributed by atoms with Crippen molar-refractivity contribution in [3.63, 3.8) is 0 Å². The van der Waals surface area contributed by atoms with E-state index in [0.29, 0.717) is 5.56 Å². The molecule has 0 unspecified atom stereocenters. The van der Waals surface area contributed by atoms with Gasteiger partial charge in [0.25, 0.3) is 0 Å². The number of Topliss-reactive ketones (excluding diaryl/α,β-unsaturated/α-hetero) is 1. The first kappa shape index (κ1) is 17.7. The van der Waals surface area contributed by atoms with Gasteiger partial charge in [-0.15, -0.1) is 0 Å². The molecule has 3 heteroatoms. The molecule has 1 heterocycles. The fourth-order valence-corrected chi connectivity index (χ4v) is 2.93. The second-order valence-corrected chi connectivity index (χ2v) is 6.13. The van der Waals surface area contributed by atoms with Gasteiger partial charge in [-0.2, -0.15) is 4.57 Å². The van der Waals surface area contributed by atoms with Crippen molar-refractivity contribution >= 4 is 34.7 Å². The number of nitrogens with zero attached hydrogens (tertiary/aromatic N) is 2. The Labute approximate surface area is 154 Å². The van der Waals surface area contributed by atoms with Crippen molar-refractivity contribution in [2.45, 2.75) is 26.8 Å². The summed E-state index contributed by atoms with van der Waals surface area (Å²) in [4.78, 5) is 15.7. The summed E-state index contributed by atoms with van der Waals surface area (Å²) in [6.07, 6.45) is 9.04. The molecule has 0 bridgehead atoms. The van der Waals surface area contributed by atoms with Gasteiger partial charge in [0, 0.05) is 30.3 Å². The highest BCUT2D eigenvalue weighted by Crippen LogP contribution is 2.17. The Morgan fingerprint density at radius 3 is 2.58 bits per heavy atom. The molecule has 0 aliphatic heterocycles. The number of carbonyl (C=O) groups excluding carboxylic acids is 1. The number of rotatable bonds is 6. The molecule has 0 aliphatic carbocycles. The van der Waals surface area contributed by atoms with Crippen LogP contribution in [0.15, 0.2) is 71.9 Å². The monoisotopic (exact) mass is 343 g/mol. The van der Waals surface area contributed by atoms with Gasteiger partial charge in [-0.3, -0.25) is 9.79 Å². The van der Waals surface area contributed by atoms with Crippen LogP contribution >= 0.6 is 0 Å². The average Bonchev–Trinajstić information content (AvgIpc) is 2.68. The molecular weight excluding hydrogens is 320 g/mol. The predicted octanol–water partition coefficient (Wildman–Crippen LogP) is 5.16. The topological polar surface area (TPSA) is 33.3 Å². The van der Waals surface area contributed by atoms with E-state index >= 15 is 0 Å². The number of hydrogen-bond acceptors (Lipinski definition) is 2. The van der Waals surface area contributed by atoms with Gasteiger partial charge in [0.1, 0.15) is 6.54 Å². The highest BCUT2D eigenvalue weighted by atomic mass is 16.1. The SMILES string of the molecule is CC[n+]1ccc(C=CCC=Nc2ccc(C(C)=O)cc2)c2ccccc21. The van der Waals surface area contributed by atoms with E-state index in [2.05, 4.69) is 65.2 Å². The second kappa shape index (κ2) is 8.34. The van der Waals surface area contributed by atoms with Crippen LogP contribution in [-0.4, -0.2) is 12.0 Å². The van der Waals surface area contributed by atoms with Crippen LogP contribution in [0.2, 0.25) is 0 Å². The normalized spacial score (nSPS) is 11.6. The summed E-state index contributed by atoms with van der Waals surface area (Å²) in [6, 6.07) is 18.0. The molecule has 0 amide bonds. The minimum absolute atomic E-state index is 0.0722. The first-order valence-electron chi connectivity index (χ1n) is 8.90. The molecule has 3 nitrogen and oxygen atoms in total. The quantitative estimate of drug-likeness (QED) is 0.346. The molecule has 0 radical (unpaired) electrons. The molecular formula is C23H23N2O+. The molecule has 0 spiro atoms. The van der Waals surface area contributed by atoms with Gasteiger partial charge >= 0.3 is 0 Å². The smallest absolute Gasteiger partial charge is 0.213 e. The molecule has 0 fully saturated rings. The number of para-hydroxylation sites is 1. The molecule has 3 rings (SSSR count). The third kappa shape index (κ3) is 4.12. The summed E-state index contributed by atoms with van der Waals surface area (Å²) in [5.41, 5.74) is 4.03. The lowest BCUT2D eigenvalue weighted by Crippen LogP contribution is -2.32. The molecule has 1 aromatic heterocycles. The van der Waals surface area contributed by atoms with E-state index in [4.69, 9.17) is 0 Å². The number of aryl methyl sites for hydroxylation is 1. The van der Waals surface area contributed by atoms with Crippen LogP contribution in [0.25, 0.3) is 17.0 Å². The summed E-state index contributed by atoms with van der Waals surface area (Å²) in [6.45, 7) is 4.68. The third-order valence-electron chi connectivity index (χ3n) is 4.35. The van der Waals surface area contributed by atoms with Crippen LogP contribution < -0.4 is 4.57 Å². The predicted molar refractivity (Wildman–Crippen MR) is 108 cm³/mol. The van der Waals surface area contributed by atoms with Crippen LogP contribution in [0.3, 0.4) is 0 Å². The fourth-order valence-electron chi connectivity index (χ4n) is 2.93. The lowest BCUT2D eigenvalue weighted by Gasteiger charge is -2.02. The average molecular weight is 343 g/mol. The molecule has 2 aromatic carbocycles. The van der Waals surface area contributed by atoms with Crippen molar-refractivity contribution in [1.82, 2.24) is 0 Å². The summed E-state index contributed by atoms with van der Waals surface area (Å²) >= 11 is 0. The minimum Gasteiger partial charge on any atom is -0.295 e. The van der Waals surface area contributed by atoms with E-state index in [9.17, 15) is 4.79 Å².